The van der Waals surface area contributed by atoms with Crippen LogP contribution < -0.4 is 5.32 Å². The van der Waals surface area contributed by atoms with E-state index in [1.54, 1.807) is 6.08 Å². The Balaban J connectivity index is 2.31. The van der Waals surface area contributed by atoms with E-state index in [1.807, 2.05) is 4.90 Å². The Bertz CT molecular complexity index is 203. The van der Waals surface area contributed by atoms with Gasteiger partial charge in [-0.15, -0.1) is 6.58 Å². The molecule has 3 nitrogen and oxygen atoms in total. The molecule has 1 unspecified atom stereocenters. The highest BCUT2D eigenvalue weighted by Gasteiger charge is 2.26. The Morgan fingerprint density at radius 2 is 2.50 bits per heavy atom. The predicted molar refractivity (Wildman–Crippen MR) is 58.1 cm³/mol. The number of hydrogen-bond donors (Lipinski definition) is 1. The summed E-state index contributed by atoms with van der Waals surface area (Å²) in [4.78, 5) is 13.7. The summed E-state index contributed by atoms with van der Waals surface area (Å²) in [6, 6.07) is 0.480. The molecule has 0 radical (unpaired) electrons. The van der Waals surface area contributed by atoms with Gasteiger partial charge in [0.25, 0.3) is 0 Å². The minimum atomic E-state index is 0.233. The Labute approximate surface area is 86.2 Å². The van der Waals surface area contributed by atoms with Gasteiger partial charge >= 0.3 is 0 Å². The highest BCUT2D eigenvalue weighted by atomic mass is 16.2. The van der Waals surface area contributed by atoms with Crippen LogP contribution >= 0.6 is 0 Å². The second kappa shape index (κ2) is 5.81. The van der Waals surface area contributed by atoms with Crippen LogP contribution in [-0.4, -0.2) is 36.5 Å². The number of rotatable bonds is 5. The number of carbonyl (C=O) groups is 1. The first kappa shape index (κ1) is 11.2. The van der Waals surface area contributed by atoms with Crippen molar-refractivity contribution in [1.29, 1.82) is 0 Å². The van der Waals surface area contributed by atoms with Crippen LogP contribution in [0.5, 0.6) is 0 Å². The summed E-state index contributed by atoms with van der Waals surface area (Å²) < 4.78 is 0. The standard InChI is InChI=1S/C11H20N2O/c1-3-7-12-9-11(14)13-8-5-6-10(13)4-2/h3,10,12H,1,4-9H2,2H3. The van der Waals surface area contributed by atoms with Gasteiger partial charge in [-0.2, -0.15) is 0 Å². The van der Waals surface area contributed by atoms with E-state index in [0.717, 1.165) is 19.4 Å². The van der Waals surface area contributed by atoms with Gasteiger partial charge in [-0.1, -0.05) is 13.0 Å². The van der Waals surface area contributed by atoms with Gasteiger partial charge < -0.3 is 10.2 Å². The summed E-state index contributed by atoms with van der Waals surface area (Å²) in [6.07, 6.45) is 5.18. The minimum Gasteiger partial charge on any atom is -0.339 e. The van der Waals surface area contributed by atoms with Gasteiger partial charge in [0, 0.05) is 19.1 Å². The van der Waals surface area contributed by atoms with Gasteiger partial charge in [0.2, 0.25) is 5.91 Å². The zero-order chi connectivity index (χ0) is 10.4. The first-order chi connectivity index (χ1) is 6.79. The predicted octanol–water partition coefficient (Wildman–Crippen LogP) is 1.16. The third kappa shape index (κ3) is 2.84. The molecule has 1 N–H and O–H groups in total. The maximum atomic E-state index is 11.7. The van der Waals surface area contributed by atoms with E-state index in [0.29, 0.717) is 19.1 Å². The molecule has 1 fully saturated rings. The normalized spacial score (nSPS) is 21.2. The molecule has 1 saturated heterocycles. The average Bonchev–Trinajstić information content (AvgIpc) is 2.65. The number of hydrogen-bond acceptors (Lipinski definition) is 2. The second-order valence-electron chi connectivity index (χ2n) is 3.71. The molecule has 1 heterocycles. The van der Waals surface area contributed by atoms with E-state index in [9.17, 15) is 4.79 Å². The smallest absolute Gasteiger partial charge is 0.236 e. The SMILES string of the molecule is C=CCNCC(=O)N1CCCC1CC. The zero-order valence-corrected chi connectivity index (χ0v) is 8.96. The molecule has 0 spiro atoms. The first-order valence-electron chi connectivity index (χ1n) is 5.40. The highest BCUT2D eigenvalue weighted by molar-refractivity contribution is 5.78. The zero-order valence-electron chi connectivity index (χ0n) is 8.96. The molecule has 0 aromatic rings. The average molecular weight is 196 g/mol. The summed E-state index contributed by atoms with van der Waals surface area (Å²) in [6.45, 7) is 7.83. The molecule has 1 aliphatic rings. The number of nitrogens with one attached hydrogen (secondary N) is 1. The van der Waals surface area contributed by atoms with Gasteiger partial charge in [0.15, 0.2) is 0 Å². The molecule has 0 bridgehead atoms. The third-order valence-electron chi connectivity index (χ3n) is 2.73. The van der Waals surface area contributed by atoms with Gasteiger partial charge in [-0.3, -0.25) is 4.79 Å². The van der Waals surface area contributed by atoms with Crippen molar-refractivity contribution in [2.45, 2.75) is 32.2 Å². The Hall–Kier alpha value is -0.830. The third-order valence-corrected chi connectivity index (χ3v) is 2.73. The van der Waals surface area contributed by atoms with Gasteiger partial charge in [-0.25, -0.2) is 0 Å². The van der Waals surface area contributed by atoms with Crippen LogP contribution in [0.4, 0.5) is 0 Å². The fraction of sp³-hybridized carbons (Fsp3) is 0.727. The van der Waals surface area contributed by atoms with Crippen LogP contribution in [-0.2, 0) is 4.79 Å². The van der Waals surface area contributed by atoms with Crippen molar-refractivity contribution < 1.29 is 4.79 Å². The van der Waals surface area contributed by atoms with Gasteiger partial charge in [0.1, 0.15) is 0 Å². The van der Waals surface area contributed by atoms with E-state index < -0.39 is 0 Å². The molecular formula is C11H20N2O. The van der Waals surface area contributed by atoms with Crippen LogP contribution in [0.2, 0.25) is 0 Å². The number of carbonyl (C=O) groups excluding carboxylic acids is 1. The lowest BCUT2D eigenvalue weighted by Crippen LogP contribution is -2.40. The van der Waals surface area contributed by atoms with E-state index in [1.165, 1.54) is 6.42 Å². The highest BCUT2D eigenvalue weighted by Crippen LogP contribution is 2.19. The molecule has 80 valence electrons. The first-order valence-corrected chi connectivity index (χ1v) is 5.40. The van der Waals surface area contributed by atoms with Crippen molar-refractivity contribution in [1.82, 2.24) is 10.2 Å². The molecule has 0 saturated carbocycles. The Morgan fingerprint density at radius 3 is 3.14 bits per heavy atom. The van der Waals surface area contributed by atoms with Crippen LogP contribution in [0.25, 0.3) is 0 Å². The summed E-state index contributed by atoms with van der Waals surface area (Å²) in [5.41, 5.74) is 0. The van der Waals surface area contributed by atoms with Crippen molar-refractivity contribution in [2.24, 2.45) is 0 Å². The lowest BCUT2D eigenvalue weighted by atomic mass is 10.2. The topological polar surface area (TPSA) is 32.3 Å². The summed E-state index contributed by atoms with van der Waals surface area (Å²) in [7, 11) is 0. The van der Waals surface area contributed by atoms with Crippen molar-refractivity contribution in [3.63, 3.8) is 0 Å². The summed E-state index contributed by atoms with van der Waals surface area (Å²) in [5.74, 6) is 0.233. The summed E-state index contributed by atoms with van der Waals surface area (Å²) in [5, 5.41) is 3.05. The summed E-state index contributed by atoms with van der Waals surface area (Å²) >= 11 is 0. The number of amides is 1. The lowest BCUT2D eigenvalue weighted by molar-refractivity contribution is -0.131. The van der Waals surface area contributed by atoms with Crippen molar-refractivity contribution in [3.05, 3.63) is 12.7 Å². The molecule has 3 heteroatoms. The number of likely N-dealkylation sites (tertiary alicyclic amines) is 1. The quantitative estimate of drug-likeness (QED) is 0.528. The van der Waals surface area contributed by atoms with Crippen LogP contribution in [0.3, 0.4) is 0 Å². The van der Waals surface area contributed by atoms with Crippen LogP contribution in [0.1, 0.15) is 26.2 Å². The molecule has 0 aromatic carbocycles. The van der Waals surface area contributed by atoms with Crippen molar-refractivity contribution in [3.8, 4) is 0 Å². The minimum absolute atomic E-state index is 0.233. The molecule has 1 atom stereocenters. The fourth-order valence-electron chi connectivity index (χ4n) is 1.97. The van der Waals surface area contributed by atoms with Crippen LogP contribution in [0.15, 0.2) is 12.7 Å². The Morgan fingerprint density at radius 1 is 1.71 bits per heavy atom. The van der Waals surface area contributed by atoms with E-state index in [2.05, 4.69) is 18.8 Å². The van der Waals surface area contributed by atoms with Gasteiger partial charge in [0.05, 0.1) is 6.54 Å². The van der Waals surface area contributed by atoms with Crippen LogP contribution in [0, 0.1) is 0 Å². The fourth-order valence-corrected chi connectivity index (χ4v) is 1.97. The lowest BCUT2D eigenvalue weighted by Gasteiger charge is -2.23. The monoisotopic (exact) mass is 196 g/mol. The van der Waals surface area contributed by atoms with E-state index in [4.69, 9.17) is 0 Å². The van der Waals surface area contributed by atoms with Gasteiger partial charge in [-0.05, 0) is 19.3 Å². The van der Waals surface area contributed by atoms with Crippen molar-refractivity contribution >= 4 is 5.91 Å². The molecule has 14 heavy (non-hydrogen) atoms. The number of nitrogens with zero attached hydrogens (tertiary/aromatic N) is 1. The van der Waals surface area contributed by atoms with Crippen molar-refractivity contribution in [2.75, 3.05) is 19.6 Å². The molecule has 0 aromatic heterocycles. The molecule has 0 aliphatic carbocycles. The Kier molecular flexibility index (Phi) is 4.66. The molecule has 1 amide bonds. The molecular weight excluding hydrogens is 176 g/mol. The molecule has 1 rings (SSSR count). The second-order valence-corrected chi connectivity index (χ2v) is 3.71. The molecule has 1 aliphatic heterocycles. The van der Waals surface area contributed by atoms with E-state index in [-0.39, 0.29) is 5.91 Å². The maximum absolute atomic E-state index is 11.7. The largest absolute Gasteiger partial charge is 0.339 e. The van der Waals surface area contributed by atoms with E-state index >= 15 is 0 Å². The maximum Gasteiger partial charge on any atom is 0.236 e.